The molecule has 0 unspecified atom stereocenters. The highest BCUT2D eigenvalue weighted by atomic mass is 32.2. The number of rotatable bonds is 6. The second kappa shape index (κ2) is 7.36. The van der Waals surface area contributed by atoms with Gasteiger partial charge in [0.05, 0.1) is 12.0 Å². The summed E-state index contributed by atoms with van der Waals surface area (Å²) < 4.78 is 33.6. The van der Waals surface area contributed by atoms with Gasteiger partial charge in [-0.1, -0.05) is 31.2 Å². The van der Waals surface area contributed by atoms with Gasteiger partial charge >= 0.3 is 0 Å². The lowest BCUT2D eigenvalue weighted by molar-refractivity contribution is 0.413. The molecule has 0 aliphatic carbocycles. The Kier molecular flexibility index (Phi) is 5.67. The molecule has 5 heteroatoms. The third-order valence-electron chi connectivity index (χ3n) is 4.16. The first-order valence-electron chi connectivity index (χ1n) is 8.05. The van der Waals surface area contributed by atoms with Crippen molar-refractivity contribution in [3.63, 3.8) is 0 Å². The van der Waals surface area contributed by atoms with Crippen LogP contribution < -0.4 is 9.46 Å². The number of benzene rings is 2. The number of hydrogen-bond donors (Lipinski definition) is 1. The molecule has 1 N–H and O–H groups in total. The third kappa shape index (κ3) is 3.97. The summed E-state index contributed by atoms with van der Waals surface area (Å²) in [6.07, 6.45) is 0.963. The summed E-state index contributed by atoms with van der Waals surface area (Å²) in [5.41, 5.74) is 3.52. The van der Waals surface area contributed by atoms with Crippen LogP contribution in [-0.2, 0) is 16.4 Å². The van der Waals surface area contributed by atoms with Gasteiger partial charge in [-0.3, -0.25) is 0 Å². The predicted molar refractivity (Wildman–Crippen MR) is 97.0 cm³/mol. The Bertz CT molecular complexity index is 788. The summed E-state index contributed by atoms with van der Waals surface area (Å²) in [4.78, 5) is 0.320. The molecule has 4 nitrogen and oxygen atoms in total. The Morgan fingerprint density at radius 1 is 1.08 bits per heavy atom. The first-order valence-corrected chi connectivity index (χ1v) is 9.53. The molecule has 2 aromatic rings. The molecule has 0 aromatic heterocycles. The van der Waals surface area contributed by atoms with Crippen LogP contribution in [0.3, 0.4) is 0 Å². The van der Waals surface area contributed by atoms with Gasteiger partial charge in [0, 0.05) is 6.04 Å². The average Bonchev–Trinajstić information content (AvgIpc) is 2.53. The standard InChI is InChI=1S/C19H25NO3S/c1-6-16-7-9-17(10-8-16)15(4)20-24(21,22)19-13(2)11-18(23-5)12-14(19)3/h7-12,15,20H,6H2,1-5H3/t15-/m0/s1. The van der Waals surface area contributed by atoms with Crippen LogP contribution in [0, 0.1) is 13.8 Å². The SMILES string of the molecule is CCc1ccc([C@H](C)NS(=O)(=O)c2c(C)cc(OC)cc2C)cc1. The van der Waals surface area contributed by atoms with Gasteiger partial charge in [-0.15, -0.1) is 0 Å². The van der Waals surface area contributed by atoms with E-state index >= 15 is 0 Å². The van der Waals surface area contributed by atoms with Crippen molar-refractivity contribution in [2.45, 2.75) is 45.1 Å². The van der Waals surface area contributed by atoms with E-state index in [2.05, 4.69) is 11.6 Å². The van der Waals surface area contributed by atoms with Crippen molar-refractivity contribution in [1.29, 1.82) is 0 Å². The lowest BCUT2D eigenvalue weighted by Crippen LogP contribution is -2.28. The Balaban J connectivity index is 2.30. The molecule has 0 radical (unpaired) electrons. The lowest BCUT2D eigenvalue weighted by Gasteiger charge is -2.18. The quantitative estimate of drug-likeness (QED) is 0.862. The Hall–Kier alpha value is -1.85. The van der Waals surface area contributed by atoms with Crippen LogP contribution in [0.15, 0.2) is 41.3 Å². The van der Waals surface area contributed by atoms with Crippen LogP contribution in [-0.4, -0.2) is 15.5 Å². The molecule has 0 spiro atoms. The first kappa shape index (κ1) is 18.5. The van der Waals surface area contributed by atoms with Crippen LogP contribution in [0.5, 0.6) is 5.75 Å². The zero-order valence-corrected chi connectivity index (χ0v) is 15.7. The summed E-state index contributed by atoms with van der Waals surface area (Å²) in [6.45, 7) is 7.51. The minimum atomic E-state index is -3.62. The van der Waals surface area contributed by atoms with Gasteiger partial charge in [-0.25, -0.2) is 13.1 Å². The van der Waals surface area contributed by atoms with Gasteiger partial charge in [-0.05, 0) is 61.6 Å². The fraction of sp³-hybridized carbons (Fsp3) is 0.368. The molecule has 2 aromatic carbocycles. The number of ether oxygens (including phenoxy) is 1. The van der Waals surface area contributed by atoms with E-state index in [1.807, 2.05) is 31.2 Å². The van der Waals surface area contributed by atoms with Gasteiger partial charge in [-0.2, -0.15) is 0 Å². The van der Waals surface area contributed by atoms with Crippen LogP contribution >= 0.6 is 0 Å². The maximum absolute atomic E-state index is 12.8. The maximum atomic E-state index is 12.8. The number of methoxy groups -OCH3 is 1. The maximum Gasteiger partial charge on any atom is 0.241 e. The number of nitrogens with one attached hydrogen (secondary N) is 1. The molecule has 0 aliphatic rings. The fourth-order valence-electron chi connectivity index (χ4n) is 2.85. The van der Waals surface area contributed by atoms with Crippen molar-refractivity contribution >= 4 is 10.0 Å². The van der Waals surface area contributed by atoms with Crippen LogP contribution in [0.4, 0.5) is 0 Å². The summed E-state index contributed by atoms with van der Waals surface area (Å²) in [5, 5.41) is 0. The molecule has 0 heterocycles. The van der Waals surface area contributed by atoms with E-state index in [0.717, 1.165) is 12.0 Å². The van der Waals surface area contributed by atoms with E-state index in [1.165, 1.54) is 5.56 Å². The van der Waals surface area contributed by atoms with E-state index in [1.54, 1.807) is 33.1 Å². The second-order valence-electron chi connectivity index (χ2n) is 6.03. The fourth-order valence-corrected chi connectivity index (χ4v) is 4.54. The third-order valence-corrected chi connectivity index (χ3v) is 6.00. The summed E-state index contributed by atoms with van der Waals surface area (Å²) in [7, 11) is -2.04. The van der Waals surface area contributed by atoms with E-state index < -0.39 is 10.0 Å². The van der Waals surface area contributed by atoms with E-state index in [-0.39, 0.29) is 6.04 Å². The van der Waals surface area contributed by atoms with Gasteiger partial charge in [0.15, 0.2) is 0 Å². The number of sulfonamides is 1. The number of aryl methyl sites for hydroxylation is 3. The van der Waals surface area contributed by atoms with Gasteiger partial charge < -0.3 is 4.74 Å². The summed E-state index contributed by atoms with van der Waals surface area (Å²) in [6, 6.07) is 11.2. The van der Waals surface area contributed by atoms with Crippen molar-refractivity contribution in [1.82, 2.24) is 4.72 Å². The van der Waals surface area contributed by atoms with Gasteiger partial charge in [0.25, 0.3) is 0 Å². The molecule has 0 bridgehead atoms. The molecular weight excluding hydrogens is 322 g/mol. The van der Waals surface area contributed by atoms with E-state index in [9.17, 15) is 8.42 Å². The highest BCUT2D eigenvalue weighted by molar-refractivity contribution is 7.89. The molecule has 2 rings (SSSR count). The largest absolute Gasteiger partial charge is 0.497 e. The molecular formula is C19H25NO3S. The second-order valence-corrected chi connectivity index (χ2v) is 7.68. The van der Waals surface area contributed by atoms with Crippen molar-refractivity contribution in [3.8, 4) is 5.75 Å². The topological polar surface area (TPSA) is 55.4 Å². The molecule has 0 amide bonds. The first-order chi connectivity index (χ1) is 11.3. The van der Waals surface area contributed by atoms with Crippen molar-refractivity contribution in [3.05, 3.63) is 58.7 Å². The van der Waals surface area contributed by atoms with Crippen LogP contribution in [0.1, 0.15) is 42.1 Å². The molecule has 1 atom stereocenters. The Morgan fingerprint density at radius 3 is 2.08 bits per heavy atom. The van der Waals surface area contributed by atoms with E-state index in [4.69, 9.17) is 4.74 Å². The number of hydrogen-bond acceptors (Lipinski definition) is 3. The summed E-state index contributed by atoms with van der Waals surface area (Å²) in [5.74, 6) is 0.659. The minimum Gasteiger partial charge on any atom is -0.497 e. The zero-order chi connectivity index (χ0) is 17.9. The molecule has 0 fully saturated rings. The Labute approximate surface area is 144 Å². The highest BCUT2D eigenvalue weighted by Crippen LogP contribution is 2.27. The lowest BCUT2D eigenvalue weighted by atomic mass is 10.1. The smallest absolute Gasteiger partial charge is 0.241 e. The van der Waals surface area contributed by atoms with Crippen LogP contribution in [0.2, 0.25) is 0 Å². The predicted octanol–water partition coefficient (Wildman–Crippen LogP) is 3.91. The molecule has 130 valence electrons. The molecule has 0 aliphatic heterocycles. The zero-order valence-electron chi connectivity index (χ0n) is 14.9. The van der Waals surface area contributed by atoms with Gasteiger partial charge in [0.2, 0.25) is 10.0 Å². The van der Waals surface area contributed by atoms with Crippen molar-refractivity contribution in [2.24, 2.45) is 0 Å². The molecule has 0 saturated heterocycles. The Morgan fingerprint density at radius 2 is 1.62 bits per heavy atom. The molecule has 0 saturated carbocycles. The van der Waals surface area contributed by atoms with Gasteiger partial charge in [0.1, 0.15) is 5.75 Å². The monoisotopic (exact) mass is 347 g/mol. The van der Waals surface area contributed by atoms with Crippen molar-refractivity contribution in [2.75, 3.05) is 7.11 Å². The highest BCUT2D eigenvalue weighted by Gasteiger charge is 2.23. The molecule has 24 heavy (non-hydrogen) atoms. The summed E-state index contributed by atoms with van der Waals surface area (Å²) >= 11 is 0. The van der Waals surface area contributed by atoms with E-state index in [0.29, 0.717) is 21.8 Å². The van der Waals surface area contributed by atoms with Crippen molar-refractivity contribution < 1.29 is 13.2 Å². The average molecular weight is 347 g/mol. The minimum absolute atomic E-state index is 0.304. The normalized spacial score (nSPS) is 12.9. The van der Waals surface area contributed by atoms with Crippen LogP contribution in [0.25, 0.3) is 0 Å².